The number of halogens is 1. The summed E-state index contributed by atoms with van der Waals surface area (Å²) in [6.07, 6.45) is 0. The van der Waals surface area contributed by atoms with Gasteiger partial charge in [-0.3, -0.25) is 4.79 Å². The van der Waals surface area contributed by atoms with Crippen molar-refractivity contribution in [2.75, 3.05) is 6.61 Å². The molecule has 1 heterocycles. The summed E-state index contributed by atoms with van der Waals surface area (Å²) in [4.78, 5) is 23.7. The quantitative estimate of drug-likeness (QED) is 0.619. The molecule has 2 atom stereocenters. The molecule has 20 heavy (non-hydrogen) atoms. The molecule has 1 fully saturated rings. The maximum absolute atomic E-state index is 12.1. The first-order valence-electron chi connectivity index (χ1n) is 6.21. The van der Waals surface area contributed by atoms with Crippen molar-refractivity contribution >= 4 is 34.6 Å². The molecule has 0 aliphatic carbocycles. The normalized spacial score (nSPS) is 21.9. The van der Waals surface area contributed by atoms with Gasteiger partial charge in [-0.2, -0.15) is 0 Å². The van der Waals surface area contributed by atoms with E-state index in [0.29, 0.717) is 5.70 Å². The summed E-state index contributed by atoms with van der Waals surface area (Å²) in [6, 6.07) is 6.80. The molecule has 2 N–H and O–H groups in total. The molecule has 1 aromatic carbocycles. The first-order chi connectivity index (χ1) is 9.52. The fourth-order valence-electron chi connectivity index (χ4n) is 2.17. The lowest BCUT2D eigenvalue weighted by atomic mass is 9.89. The van der Waals surface area contributed by atoms with Gasteiger partial charge in [-0.25, -0.2) is 4.79 Å². The van der Waals surface area contributed by atoms with Crippen LogP contribution in [0.25, 0.3) is 0 Å². The van der Waals surface area contributed by atoms with E-state index in [4.69, 9.17) is 4.74 Å². The van der Waals surface area contributed by atoms with Gasteiger partial charge in [0.05, 0.1) is 12.6 Å². The standard InChI is InChI=1S/C14H15IN2O3/c1-3-20-13(18)11-8(2)16-14(19)17-12(11)9-5-4-6-10(15)7-9/h4-7,11-12H,2-3H2,1H3,(H2,16,17,19). The van der Waals surface area contributed by atoms with Crippen molar-refractivity contribution in [1.82, 2.24) is 10.6 Å². The van der Waals surface area contributed by atoms with Crippen LogP contribution >= 0.6 is 22.6 Å². The zero-order valence-electron chi connectivity index (χ0n) is 11.0. The minimum Gasteiger partial charge on any atom is -0.465 e. The molecule has 1 aromatic rings. The number of esters is 1. The Bertz CT molecular complexity index is 559. The highest BCUT2D eigenvalue weighted by molar-refractivity contribution is 14.1. The average Bonchev–Trinajstić information content (AvgIpc) is 2.37. The molecule has 1 aliphatic rings. The van der Waals surface area contributed by atoms with Gasteiger partial charge in [-0.1, -0.05) is 18.7 Å². The van der Waals surface area contributed by atoms with E-state index in [1.165, 1.54) is 0 Å². The van der Waals surface area contributed by atoms with Crippen molar-refractivity contribution in [3.63, 3.8) is 0 Å². The predicted octanol–water partition coefficient (Wildman–Crippen LogP) is 2.34. The van der Waals surface area contributed by atoms with Crippen LogP contribution in [0.2, 0.25) is 0 Å². The lowest BCUT2D eigenvalue weighted by Crippen LogP contribution is -2.51. The first-order valence-corrected chi connectivity index (χ1v) is 7.29. The molecule has 5 nitrogen and oxygen atoms in total. The van der Waals surface area contributed by atoms with E-state index in [1.807, 2.05) is 24.3 Å². The van der Waals surface area contributed by atoms with Crippen LogP contribution in [0, 0.1) is 9.49 Å². The number of amides is 2. The maximum Gasteiger partial charge on any atom is 0.319 e. The van der Waals surface area contributed by atoms with E-state index in [9.17, 15) is 9.59 Å². The van der Waals surface area contributed by atoms with Gasteiger partial charge >= 0.3 is 12.0 Å². The minimum atomic E-state index is -0.633. The summed E-state index contributed by atoms with van der Waals surface area (Å²) in [7, 11) is 0. The van der Waals surface area contributed by atoms with Gasteiger partial charge in [0.1, 0.15) is 5.92 Å². The number of hydrogen-bond donors (Lipinski definition) is 2. The first kappa shape index (κ1) is 14.8. The summed E-state index contributed by atoms with van der Waals surface area (Å²) in [6.45, 7) is 5.81. The van der Waals surface area contributed by atoms with E-state index < -0.39 is 17.9 Å². The molecule has 0 saturated carbocycles. The summed E-state index contributed by atoms with van der Waals surface area (Å²) < 4.78 is 6.10. The van der Waals surface area contributed by atoms with Gasteiger partial charge in [-0.05, 0) is 47.2 Å². The van der Waals surface area contributed by atoms with Gasteiger partial charge in [0.2, 0.25) is 0 Å². The molecule has 0 aromatic heterocycles. The Morgan fingerprint density at radius 3 is 2.90 bits per heavy atom. The highest BCUT2D eigenvalue weighted by atomic mass is 127. The van der Waals surface area contributed by atoms with Crippen molar-refractivity contribution in [3.05, 3.63) is 45.7 Å². The van der Waals surface area contributed by atoms with Crippen LogP contribution in [0.3, 0.4) is 0 Å². The summed E-state index contributed by atoms with van der Waals surface area (Å²) in [5.41, 5.74) is 1.21. The number of benzene rings is 1. The van der Waals surface area contributed by atoms with E-state index in [0.717, 1.165) is 9.13 Å². The second-order valence-electron chi connectivity index (χ2n) is 4.39. The Labute approximate surface area is 130 Å². The van der Waals surface area contributed by atoms with Crippen LogP contribution in [0.15, 0.2) is 36.5 Å². The SMILES string of the molecule is C=C1NC(=O)NC(c2cccc(I)c2)C1C(=O)OCC. The fourth-order valence-corrected chi connectivity index (χ4v) is 2.74. The van der Waals surface area contributed by atoms with Crippen LogP contribution in [-0.2, 0) is 9.53 Å². The van der Waals surface area contributed by atoms with Gasteiger partial charge in [0.25, 0.3) is 0 Å². The number of carbonyl (C=O) groups is 2. The summed E-state index contributed by atoms with van der Waals surface area (Å²) >= 11 is 2.19. The number of rotatable bonds is 3. The minimum absolute atomic E-state index is 0.287. The number of ether oxygens (including phenoxy) is 1. The average molecular weight is 386 g/mol. The molecule has 0 spiro atoms. The molecule has 0 bridgehead atoms. The van der Waals surface area contributed by atoms with Crippen LogP contribution in [0.4, 0.5) is 4.79 Å². The topological polar surface area (TPSA) is 67.4 Å². The second kappa shape index (κ2) is 6.25. The molecule has 2 amide bonds. The van der Waals surface area contributed by atoms with E-state index in [-0.39, 0.29) is 12.6 Å². The van der Waals surface area contributed by atoms with Crippen LogP contribution < -0.4 is 10.6 Å². The molecule has 1 saturated heterocycles. The van der Waals surface area contributed by atoms with Crippen LogP contribution in [-0.4, -0.2) is 18.6 Å². The summed E-state index contributed by atoms with van der Waals surface area (Å²) in [5, 5.41) is 5.30. The molecular formula is C14H15IN2O3. The van der Waals surface area contributed by atoms with Crippen LogP contribution in [0.1, 0.15) is 18.5 Å². The lowest BCUT2D eigenvalue weighted by Gasteiger charge is -2.33. The largest absolute Gasteiger partial charge is 0.465 e. The van der Waals surface area contributed by atoms with Crippen molar-refractivity contribution in [1.29, 1.82) is 0 Å². The maximum atomic E-state index is 12.1. The van der Waals surface area contributed by atoms with E-state index >= 15 is 0 Å². The zero-order chi connectivity index (χ0) is 14.7. The van der Waals surface area contributed by atoms with E-state index in [2.05, 4.69) is 39.8 Å². The Kier molecular flexibility index (Phi) is 4.64. The highest BCUT2D eigenvalue weighted by Gasteiger charge is 2.38. The Morgan fingerprint density at radius 1 is 1.50 bits per heavy atom. The van der Waals surface area contributed by atoms with Crippen molar-refractivity contribution in [2.24, 2.45) is 5.92 Å². The number of hydrogen-bond acceptors (Lipinski definition) is 3. The molecule has 2 unspecified atom stereocenters. The predicted molar refractivity (Wildman–Crippen MR) is 82.8 cm³/mol. The van der Waals surface area contributed by atoms with Crippen molar-refractivity contribution in [2.45, 2.75) is 13.0 Å². The second-order valence-corrected chi connectivity index (χ2v) is 5.63. The number of nitrogens with one attached hydrogen (secondary N) is 2. The molecule has 6 heteroatoms. The molecule has 106 valence electrons. The monoisotopic (exact) mass is 386 g/mol. The smallest absolute Gasteiger partial charge is 0.319 e. The third kappa shape index (κ3) is 3.12. The number of urea groups is 1. The third-order valence-corrected chi connectivity index (χ3v) is 3.69. The molecule has 2 rings (SSSR count). The summed E-state index contributed by atoms with van der Waals surface area (Å²) in [5.74, 6) is -1.03. The Hall–Kier alpha value is -1.57. The Balaban J connectivity index is 2.36. The number of carbonyl (C=O) groups excluding carboxylic acids is 2. The van der Waals surface area contributed by atoms with Crippen LogP contribution in [0.5, 0.6) is 0 Å². The van der Waals surface area contributed by atoms with Gasteiger partial charge in [0, 0.05) is 9.27 Å². The van der Waals surface area contributed by atoms with Crippen molar-refractivity contribution in [3.8, 4) is 0 Å². The molecule has 1 aliphatic heterocycles. The van der Waals surface area contributed by atoms with E-state index in [1.54, 1.807) is 6.92 Å². The van der Waals surface area contributed by atoms with Gasteiger partial charge in [0.15, 0.2) is 0 Å². The van der Waals surface area contributed by atoms with Crippen molar-refractivity contribution < 1.29 is 14.3 Å². The molecule has 0 radical (unpaired) electrons. The Morgan fingerprint density at radius 2 is 2.25 bits per heavy atom. The van der Waals surface area contributed by atoms with Gasteiger partial charge in [-0.15, -0.1) is 0 Å². The van der Waals surface area contributed by atoms with Gasteiger partial charge < -0.3 is 15.4 Å². The fraction of sp³-hybridized carbons (Fsp3) is 0.286. The lowest BCUT2D eigenvalue weighted by molar-refractivity contribution is -0.147. The molecular weight excluding hydrogens is 371 g/mol. The zero-order valence-corrected chi connectivity index (χ0v) is 13.1. The highest BCUT2D eigenvalue weighted by Crippen LogP contribution is 2.30. The third-order valence-electron chi connectivity index (χ3n) is 3.02.